The van der Waals surface area contributed by atoms with Crippen LogP contribution in [0, 0.1) is 0 Å². The molecule has 0 unspecified atom stereocenters. The average molecular weight is 499 g/mol. The molecule has 0 nitrogen and oxygen atoms in total. The van der Waals surface area contributed by atoms with Crippen molar-refractivity contribution >= 4 is 43.1 Å². The minimum Gasteiger partial charge on any atom is -0.166 e. The van der Waals surface area contributed by atoms with Crippen molar-refractivity contribution in [3.05, 3.63) is 133 Å². The van der Waals surface area contributed by atoms with Crippen molar-refractivity contribution in [2.75, 3.05) is 0 Å². The lowest BCUT2D eigenvalue weighted by atomic mass is 9.83. The molecule has 0 fully saturated rings. The maximum absolute atomic E-state index is 14.0. The molecule has 0 saturated carbocycles. The molecule has 182 valence electrons. The molecule has 7 aromatic carbocycles. The SMILES string of the molecule is FC(F)(F)c1ccc2c(-c3cccc4ccccc34)c3ccccc3c(-c3cccc4ccccc34)c2c1. The molecule has 0 aliphatic rings. The monoisotopic (exact) mass is 498 g/mol. The van der Waals surface area contributed by atoms with Crippen LogP contribution in [0.4, 0.5) is 13.2 Å². The van der Waals surface area contributed by atoms with Gasteiger partial charge in [0.2, 0.25) is 0 Å². The van der Waals surface area contributed by atoms with Gasteiger partial charge in [0.15, 0.2) is 0 Å². The quantitative estimate of drug-likeness (QED) is 0.208. The Bertz CT molecular complexity index is 2000. The zero-order valence-corrected chi connectivity index (χ0v) is 20.3. The predicted molar refractivity (Wildman–Crippen MR) is 152 cm³/mol. The average Bonchev–Trinajstić information content (AvgIpc) is 2.95. The van der Waals surface area contributed by atoms with Crippen LogP contribution >= 0.6 is 0 Å². The van der Waals surface area contributed by atoms with E-state index in [0.717, 1.165) is 60.0 Å². The first-order valence-electron chi connectivity index (χ1n) is 12.5. The Kier molecular flexibility index (Phi) is 5.02. The lowest BCUT2D eigenvalue weighted by molar-refractivity contribution is -0.137. The van der Waals surface area contributed by atoms with Gasteiger partial charge in [0.1, 0.15) is 0 Å². The van der Waals surface area contributed by atoms with E-state index < -0.39 is 11.7 Å². The molecule has 0 aliphatic carbocycles. The first kappa shape index (κ1) is 22.6. The number of fused-ring (bicyclic) bond motifs is 4. The minimum absolute atomic E-state index is 0.595. The van der Waals surface area contributed by atoms with Crippen LogP contribution in [0.3, 0.4) is 0 Å². The third-order valence-corrected chi connectivity index (χ3v) is 7.47. The molecule has 0 saturated heterocycles. The highest BCUT2D eigenvalue weighted by molar-refractivity contribution is 6.25. The lowest BCUT2D eigenvalue weighted by Gasteiger charge is -2.20. The number of hydrogen-bond donors (Lipinski definition) is 0. The van der Waals surface area contributed by atoms with Crippen LogP contribution in [0.1, 0.15) is 5.56 Å². The van der Waals surface area contributed by atoms with Crippen molar-refractivity contribution in [1.82, 2.24) is 0 Å². The minimum atomic E-state index is -4.45. The smallest absolute Gasteiger partial charge is 0.166 e. The van der Waals surface area contributed by atoms with Crippen LogP contribution in [-0.2, 0) is 6.18 Å². The van der Waals surface area contributed by atoms with Gasteiger partial charge < -0.3 is 0 Å². The van der Waals surface area contributed by atoms with Crippen LogP contribution in [0.5, 0.6) is 0 Å². The second-order valence-electron chi connectivity index (χ2n) is 9.61. The van der Waals surface area contributed by atoms with Crippen LogP contribution in [0.25, 0.3) is 65.3 Å². The molecular formula is C35H21F3. The van der Waals surface area contributed by atoms with Crippen LogP contribution < -0.4 is 0 Å². The maximum atomic E-state index is 14.0. The fraction of sp³-hybridized carbons (Fsp3) is 0.0286. The fourth-order valence-electron chi connectivity index (χ4n) is 5.82. The number of alkyl halides is 3. The summed E-state index contributed by atoms with van der Waals surface area (Å²) < 4.78 is 42.1. The zero-order chi connectivity index (χ0) is 25.9. The first-order valence-corrected chi connectivity index (χ1v) is 12.5. The van der Waals surface area contributed by atoms with Gasteiger partial charge in [-0.25, -0.2) is 0 Å². The Labute approximate surface area is 217 Å². The number of rotatable bonds is 2. The number of benzene rings is 7. The molecule has 38 heavy (non-hydrogen) atoms. The summed E-state index contributed by atoms with van der Waals surface area (Å²) >= 11 is 0. The van der Waals surface area contributed by atoms with E-state index in [1.807, 2.05) is 78.9 Å². The summed E-state index contributed by atoms with van der Waals surface area (Å²) in [4.78, 5) is 0. The highest BCUT2D eigenvalue weighted by Gasteiger charge is 2.31. The van der Waals surface area contributed by atoms with Gasteiger partial charge in [0.25, 0.3) is 0 Å². The molecule has 0 aliphatic heterocycles. The van der Waals surface area contributed by atoms with Gasteiger partial charge in [-0.1, -0.05) is 115 Å². The molecule has 7 aromatic rings. The summed E-state index contributed by atoms with van der Waals surface area (Å²) in [5.74, 6) is 0. The van der Waals surface area contributed by atoms with Gasteiger partial charge in [0.05, 0.1) is 5.56 Å². The van der Waals surface area contributed by atoms with Crippen molar-refractivity contribution in [2.45, 2.75) is 6.18 Å². The van der Waals surface area contributed by atoms with Crippen LogP contribution in [0.15, 0.2) is 127 Å². The molecule has 0 bridgehead atoms. The molecular weight excluding hydrogens is 477 g/mol. The van der Waals surface area contributed by atoms with Crippen molar-refractivity contribution in [3.8, 4) is 22.3 Å². The second-order valence-corrected chi connectivity index (χ2v) is 9.61. The van der Waals surface area contributed by atoms with Gasteiger partial charge in [-0.2, -0.15) is 13.2 Å². The van der Waals surface area contributed by atoms with E-state index in [0.29, 0.717) is 5.39 Å². The van der Waals surface area contributed by atoms with E-state index in [1.54, 1.807) is 6.07 Å². The van der Waals surface area contributed by atoms with Gasteiger partial charge in [0, 0.05) is 0 Å². The summed E-state index contributed by atoms with van der Waals surface area (Å²) in [5, 5.41) is 7.56. The molecule has 3 heteroatoms. The Hall–Kier alpha value is -4.63. The third kappa shape index (κ3) is 3.47. The van der Waals surface area contributed by atoms with Crippen molar-refractivity contribution < 1.29 is 13.2 Å². The first-order chi connectivity index (χ1) is 18.5. The van der Waals surface area contributed by atoms with Gasteiger partial charge in [-0.05, 0) is 77.5 Å². The second kappa shape index (κ2) is 8.46. The van der Waals surface area contributed by atoms with E-state index in [-0.39, 0.29) is 0 Å². The molecule has 0 amide bonds. The zero-order valence-electron chi connectivity index (χ0n) is 20.3. The van der Waals surface area contributed by atoms with E-state index in [4.69, 9.17) is 0 Å². The van der Waals surface area contributed by atoms with Gasteiger partial charge >= 0.3 is 6.18 Å². The molecule has 0 N–H and O–H groups in total. The summed E-state index contributed by atoms with van der Waals surface area (Å²) in [5.41, 5.74) is 3.06. The predicted octanol–water partition coefficient (Wildman–Crippen LogP) is 10.7. The van der Waals surface area contributed by atoms with E-state index in [9.17, 15) is 13.2 Å². The number of hydrogen-bond acceptors (Lipinski definition) is 0. The third-order valence-electron chi connectivity index (χ3n) is 7.47. The Morgan fingerprint density at radius 2 is 0.789 bits per heavy atom. The highest BCUT2D eigenvalue weighted by Crippen LogP contribution is 2.47. The fourth-order valence-corrected chi connectivity index (χ4v) is 5.82. The number of halogens is 3. The molecule has 0 aromatic heterocycles. The summed E-state index contributed by atoms with van der Waals surface area (Å²) in [6.07, 6.45) is -4.45. The highest BCUT2D eigenvalue weighted by atomic mass is 19.4. The van der Waals surface area contributed by atoms with Crippen LogP contribution in [0.2, 0.25) is 0 Å². The molecule has 0 spiro atoms. The van der Waals surface area contributed by atoms with Crippen molar-refractivity contribution in [2.24, 2.45) is 0 Å². The Morgan fingerprint density at radius 1 is 0.368 bits per heavy atom. The topological polar surface area (TPSA) is 0 Å². The molecule has 7 rings (SSSR count). The van der Waals surface area contributed by atoms with Gasteiger partial charge in [-0.15, -0.1) is 0 Å². The summed E-state index contributed by atoms with van der Waals surface area (Å²) in [6.45, 7) is 0. The molecule has 0 atom stereocenters. The maximum Gasteiger partial charge on any atom is 0.416 e. The van der Waals surface area contributed by atoms with Gasteiger partial charge in [-0.3, -0.25) is 0 Å². The standard InChI is InChI=1S/C35H21F3/c36-35(37,38)24-19-20-31-32(21-24)34(28-18-8-12-23-10-2-4-14-26(23)28)30-16-6-5-15-29(30)33(31)27-17-7-11-22-9-1-3-13-25(22)27/h1-21H. The van der Waals surface area contributed by atoms with Crippen molar-refractivity contribution in [1.29, 1.82) is 0 Å². The molecule has 0 radical (unpaired) electrons. The van der Waals surface area contributed by atoms with E-state index in [2.05, 4.69) is 30.3 Å². The Balaban J connectivity index is 1.72. The molecule has 0 heterocycles. The largest absolute Gasteiger partial charge is 0.416 e. The lowest BCUT2D eigenvalue weighted by Crippen LogP contribution is -2.05. The Morgan fingerprint density at radius 3 is 1.32 bits per heavy atom. The normalized spacial score (nSPS) is 12.1. The summed E-state index contributed by atoms with van der Waals surface area (Å²) in [6, 6.07) is 40.6. The summed E-state index contributed by atoms with van der Waals surface area (Å²) in [7, 11) is 0. The van der Waals surface area contributed by atoms with E-state index in [1.165, 1.54) is 12.1 Å². The van der Waals surface area contributed by atoms with Crippen LogP contribution in [-0.4, -0.2) is 0 Å². The van der Waals surface area contributed by atoms with E-state index >= 15 is 0 Å². The van der Waals surface area contributed by atoms with Crippen molar-refractivity contribution in [3.63, 3.8) is 0 Å².